The van der Waals surface area contributed by atoms with E-state index in [1.54, 1.807) is 7.11 Å². The average Bonchev–Trinajstić information content (AvgIpc) is 2.28. The van der Waals surface area contributed by atoms with E-state index in [9.17, 15) is 0 Å². The van der Waals surface area contributed by atoms with Crippen LogP contribution in [0.3, 0.4) is 0 Å². The maximum absolute atomic E-state index is 6.19. The Morgan fingerprint density at radius 3 is 2.69 bits per heavy atom. The first-order valence-electron chi connectivity index (χ1n) is 5.57. The second-order valence-electron chi connectivity index (χ2n) is 4.31. The first-order valence-corrected chi connectivity index (χ1v) is 5.95. The number of hydrogen-bond donors (Lipinski definition) is 1. The molecule has 0 heterocycles. The Hall–Kier alpha value is -0.570. The second-order valence-corrected chi connectivity index (χ2v) is 4.75. The molecule has 0 saturated heterocycles. The summed E-state index contributed by atoms with van der Waals surface area (Å²) < 4.78 is 5.49. The fraction of sp³-hybridized carbons (Fsp3) is 0.538. The van der Waals surface area contributed by atoms with Gasteiger partial charge in [-0.25, -0.2) is 0 Å². The van der Waals surface area contributed by atoms with Gasteiger partial charge in [-0.2, -0.15) is 0 Å². The molecule has 3 heteroatoms. The minimum absolute atomic E-state index is 0.0269. The zero-order valence-electron chi connectivity index (χ0n) is 10.2. The van der Waals surface area contributed by atoms with Crippen LogP contribution in [-0.2, 0) is 11.2 Å². The van der Waals surface area contributed by atoms with Crippen molar-refractivity contribution in [2.75, 3.05) is 7.11 Å². The van der Waals surface area contributed by atoms with E-state index in [0.29, 0.717) is 0 Å². The van der Waals surface area contributed by atoms with Crippen molar-refractivity contribution >= 4 is 11.6 Å². The Morgan fingerprint density at radius 2 is 2.19 bits per heavy atom. The van der Waals surface area contributed by atoms with Gasteiger partial charge in [0.2, 0.25) is 0 Å². The van der Waals surface area contributed by atoms with Gasteiger partial charge in [0.1, 0.15) is 0 Å². The monoisotopic (exact) mass is 241 g/mol. The molecule has 0 aromatic heterocycles. The molecule has 0 spiro atoms. The first kappa shape index (κ1) is 13.5. The van der Waals surface area contributed by atoms with Gasteiger partial charge in [-0.3, -0.25) is 0 Å². The lowest BCUT2D eigenvalue weighted by atomic mass is 9.89. The van der Waals surface area contributed by atoms with E-state index < -0.39 is 0 Å². The number of rotatable bonds is 5. The molecule has 0 bridgehead atoms. The van der Waals surface area contributed by atoms with Crippen molar-refractivity contribution in [1.82, 2.24) is 0 Å². The smallest absolute Gasteiger partial charge is 0.0801 e. The topological polar surface area (TPSA) is 35.2 Å². The average molecular weight is 242 g/mol. The number of halogens is 1. The van der Waals surface area contributed by atoms with Crippen molar-refractivity contribution in [2.24, 2.45) is 5.73 Å². The van der Waals surface area contributed by atoms with Crippen LogP contribution in [-0.4, -0.2) is 18.8 Å². The number of methoxy groups -OCH3 is 1. The van der Waals surface area contributed by atoms with Crippen LogP contribution in [0.5, 0.6) is 0 Å². The summed E-state index contributed by atoms with van der Waals surface area (Å²) in [4.78, 5) is 0. The van der Waals surface area contributed by atoms with Gasteiger partial charge in [0.05, 0.1) is 5.60 Å². The molecule has 16 heavy (non-hydrogen) atoms. The van der Waals surface area contributed by atoms with Crippen molar-refractivity contribution in [3.8, 4) is 0 Å². The quantitative estimate of drug-likeness (QED) is 0.860. The van der Waals surface area contributed by atoms with Crippen LogP contribution in [0.25, 0.3) is 0 Å². The Morgan fingerprint density at radius 1 is 1.50 bits per heavy atom. The minimum Gasteiger partial charge on any atom is -0.377 e. The summed E-state index contributed by atoms with van der Waals surface area (Å²) in [5, 5.41) is 0.750. The largest absolute Gasteiger partial charge is 0.377 e. The molecule has 1 aromatic rings. The van der Waals surface area contributed by atoms with Gasteiger partial charge in [-0.1, -0.05) is 30.7 Å². The molecule has 0 radical (unpaired) electrons. The highest BCUT2D eigenvalue weighted by Gasteiger charge is 2.29. The molecule has 2 atom stereocenters. The summed E-state index contributed by atoms with van der Waals surface area (Å²) in [6.07, 6.45) is 1.67. The van der Waals surface area contributed by atoms with Crippen LogP contribution in [0.2, 0.25) is 5.02 Å². The number of ether oxygens (including phenoxy) is 1. The van der Waals surface area contributed by atoms with E-state index in [2.05, 4.69) is 6.92 Å². The van der Waals surface area contributed by atoms with E-state index in [0.717, 1.165) is 23.4 Å². The van der Waals surface area contributed by atoms with Crippen LogP contribution in [0.1, 0.15) is 25.8 Å². The molecule has 2 unspecified atom stereocenters. The maximum Gasteiger partial charge on any atom is 0.0801 e. The summed E-state index contributed by atoms with van der Waals surface area (Å²) in [6.45, 7) is 4.13. The van der Waals surface area contributed by atoms with Crippen molar-refractivity contribution in [3.05, 3.63) is 34.9 Å². The molecule has 2 N–H and O–H groups in total. The molecule has 2 nitrogen and oxygen atoms in total. The zero-order chi connectivity index (χ0) is 12.2. The van der Waals surface area contributed by atoms with E-state index in [-0.39, 0.29) is 11.6 Å². The fourth-order valence-corrected chi connectivity index (χ4v) is 1.90. The van der Waals surface area contributed by atoms with Crippen LogP contribution in [0.4, 0.5) is 0 Å². The normalized spacial score (nSPS) is 16.8. The van der Waals surface area contributed by atoms with Gasteiger partial charge in [0.25, 0.3) is 0 Å². The Balaban J connectivity index is 2.74. The first-order chi connectivity index (χ1) is 7.51. The molecule has 1 aromatic carbocycles. The summed E-state index contributed by atoms with van der Waals surface area (Å²) in [6, 6.07) is 7.78. The van der Waals surface area contributed by atoms with Gasteiger partial charge < -0.3 is 10.5 Å². The zero-order valence-corrected chi connectivity index (χ0v) is 10.9. The van der Waals surface area contributed by atoms with Crippen LogP contribution < -0.4 is 5.73 Å². The van der Waals surface area contributed by atoms with Crippen molar-refractivity contribution in [3.63, 3.8) is 0 Å². The molecule has 0 aliphatic heterocycles. The third-order valence-electron chi connectivity index (χ3n) is 3.30. The molecule has 0 aliphatic rings. The molecule has 90 valence electrons. The number of nitrogens with two attached hydrogens (primary N) is 1. The SMILES string of the molecule is CCC(C)(OC)C(N)Cc1cccc(Cl)c1. The van der Waals surface area contributed by atoms with E-state index in [1.165, 1.54) is 0 Å². The lowest BCUT2D eigenvalue weighted by Crippen LogP contribution is -2.48. The lowest BCUT2D eigenvalue weighted by molar-refractivity contribution is -0.0184. The Kier molecular flexibility index (Phi) is 4.78. The molecule has 0 aliphatic carbocycles. The van der Waals surface area contributed by atoms with Gasteiger partial charge in [-0.05, 0) is 37.5 Å². The van der Waals surface area contributed by atoms with Crippen LogP contribution >= 0.6 is 11.6 Å². The standard InChI is InChI=1S/C13H20ClNO/c1-4-13(2,16-3)12(15)9-10-6-5-7-11(14)8-10/h5-8,12H,4,9,15H2,1-3H3. The highest BCUT2D eigenvalue weighted by atomic mass is 35.5. The van der Waals surface area contributed by atoms with Crippen molar-refractivity contribution in [2.45, 2.75) is 38.3 Å². The Bertz CT molecular complexity index is 336. The third kappa shape index (κ3) is 3.21. The number of hydrogen-bond acceptors (Lipinski definition) is 2. The second kappa shape index (κ2) is 5.67. The van der Waals surface area contributed by atoms with Gasteiger partial charge >= 0.3 is 0 Å². The number of benzene rings is 1. The molecular weight excluding hydrogens is 222 g/mol. The molecular formula is C13H20ClNO. The van der Waals surface area contributed by atoms with Gasteiger partial charge in [-0.15, -0.1) is 0 Å². The summed E-state index contributed by atoms with van der Waals surface area (Å²) >= 11 is 5.94. The van der Waals surface area contributed by atoms with Crippen molar-refractivity contribution in [1.29, 1.82) is 0 Å². The summed E-state index contributed by atoms with van der Waals surface area (Å²) in [5.41, 5.74) is 7.06. The van der Waals surface area contributed by atoms with E-state index >= 15 is 0 Å². The molecule has 0 fully saturated rings. The lowest BCUT2D eigenvalue weighted by Gasteiger charge is -2.33. The fourth-order valence-electron chi connectivity index (χ4n) is 1.69. The molecule has 0 saturated carbocycles. The van der Waals surface area contributed by atoms with Crippen LogP contribution in [0.15, 0.2) is 24.3 Å². The Labute approximate surface area is 103 Å². The summed E-state index contributed by atoms with van der Waals surface area (Å²) in [5.74, 6) is 0. The molecule has 1 rings (SSSR count). The highest BCUT2D eigenvalue weighted by Crippen LogP contribution is 2.21. The molecule has 0 amide bonds. The maximum atomic E-state index is 6.19. The summed E-state index contributed by atoms with van der Waals surface area (Å²) in [7, 11) is 1.71. The van der Waals surface area contributed by atoms with Gasteiger partial charge in [0, 0.05) is 18.2 Å². The predicted octanol–water partition coefficient (Wildman–Crippen LogP) is 3.02. The van der Waals surface area contributed by atoms with Gasteiger partial charge in [0.15, 0.2) is 0 Å². The van der Waals surface area contributed by atoms with Crippen molar-refractivity contribution < 1.29 is 4.74 Å². The van der Waals surface area contributed by atoms with E-state index in [4.69, 9.17) is 22.1 Å². The van der Waals surface area contributed by atoms with E-state index in [1.807, 2.05) is 31.2 Å². The minimum atomic E-state index is -0.275. The predicted molar refractivity (Wildman–Crippen MR) is 68.8 cm³/mol. The van der Waals surface area contributed by atoms with Crippen LogP contribution in [0, 0.1) is 0 Å². The highest BCUT2D eigenvalue weighted by molar-refractivity contribution is 6.30. The third-order valence-corrected chi connectivity index (χ3v) is 3.53.